The van der Waals surface area contributed by atoms with Crippen LogP contribution >= 0.6 is 0 Å². The Balaban J connectivity index is 1.68. The number of amides is 1. The van der Waals surface area contributed by atoms with Gasteiger partial charge in [-0.25, -0.2) is 0 Å². The second kappa shape index (κ2) is 7.61. The smallest absolute Gasteiger partial charge is 0.248 e. The third-order valence-electron chi connectivity index (χ3n) is 5.03. The van der Waals surface area contributed by atoms with Crippen molar-refractivity contribution in [1.82, 2.24) is 15.0 Å². The van der Waals surface area contributed by atoms with Crippen LogP contribution in [0.3, 0.4) is 0 Å². The quantitative estimate of drug-likeness (QED) is 0.816. The number of carbonyl (C=O) groups excluding carboxylic acids is 1. The zero-order chi connectivity index (χ0) is 17.0. The van der Waals surface area contributed by atoms with Crippen LogP contribution in [0.2, 0.25) is 0 Å². The summed E-state index contributed by atoms with van der Waals surface area (Å²) in [6, 6.07) is 0. The van der Waals surface area contributed by atoms with E-state index in [2.05, 4.69) is 17.1 Å². The third kappa shape index (κ3) is 3.78. The van der Waals surface area contributed by atoms with Gasteiger partial charge < -0.3 is 18.9 Å². The van der Waals surface area contributed by atoms with Gasteiger partial charge in [-0.2, -0.15) is 4.98 Å². The Hall–Kier alpha value is -1.47. The van der Waals surface area contributed by atoms with Crippen molar-refractivity contribution >= 4 is 5.91 Å². The van der Waals surface area contributed by atoms with Crippen molar-refractivity contribution in [2.45, 2.75) is 50.9 Å². The molecule has 2 aliphatic heterocycles. The van der Waals surface area contributed by atoms with E-state index in [4.69, 9.17) is 14.0 Å². The van der Waals surface area contributed by atoms with Gasteiger partial charge in [0.2, 0.25) is 11.8 Å². The van der Waals surface area contributed by atoms with Crippen LogP contribution in [0.25, 0.3) is 0 Å². The normalized spacial score (nSPS) is 25.8. The maximum absolute atomic E-state index is 12.3. The Labute approximate surface area is 142 Å². The molecular formula is C17H27N3O4. The van der Waals surface area contributed by atoms with Gasteiger partial charge in [-0.1, -0.05) is 12.1 Å². The number of ether oxygens (including phenoxy) is 2. The van der Waals surface area contributed by atoms with Crippen molar-refractivity contribution in [3.8, 4) is 0 Å². The molecule has 0 radical (unpaired) electrons. The number of piperidine rings is 1. The van der Waals surface area contributed by atoms with Crippen LogP contribution in [-0.2, 0) is 19.7 Å². The number of aromatic nitrogens is 2. The van der Waals surface area contributed by atoms with Crippen LogP contribution in [0.1, 0.15) is 57.2 Å². The van der Waals surface area contributed by atoms with Crippen LogP contribution in [0.5, 0.6) is 0 Å². The molecule has 24 heavy (non-hydrogen) atoms. The lowest BCUT2D eigenvalue weighted by Crippen LogP contribution is -2.48. The minimum absolute atomic E-state index is 0.0379. The highest BCUT2D eigenvalue weighted by Crippen LogP contribution is 2.34. The summed E-state index contributed by atoms with van der Waals surface area (Å²) in [7, 11) is 0. The van der Waals surface area contributed by atoms with Crippen molar-refractivity contribution in [3.05, 3.63) is 11.7 Å². The first kappa shape index (κ1) is 17.4. The zero-order valence-corrected chi connectivity index (χ0v) is 14.6. The zero-order valence-electron chi connectivity index (χ0n) is 14.6. The van der Waals surface area contributed by atoms with Gasteiger partial charge in [0.15, 0.2) is 5.82 Å². The molecule has 0 N–H and O–H groups in total. The molecule has 134 valence electrons. The fourth-order valence-electron chi connectivity index (χ4n) is 3.51. The summed E-state index contributed by atoms with van der Waals surface area (Å²) in [5.41, 5.74) is -0.257. The molecule has 7 heteroatoms. The summed E-state index contributed by atoms with van der Waals surface area (Å²) in [6.45, 7) is 7.59. The molecule has 2 fully saturated rings. The van der Waals surface area contributed by atoms with E-state index in [0.717, 1.165) is 51.3 Å². The average Bonchev–Trinajstić information content (AvgIpc) is 3.11. The van der Waals surface area contributed by atoms with Crippen molar-refractivity contribution in [2.75, 3.05) is 39.5 Å². The molecule has 1 unspecified atom stereocenters. The Morgan fingerprint density at radius 2 is 2.21 bits per heavy atom. The second-order valence-corrected chi connectivity index (χ2v) is 6.96. The van der Waals surface area contributed by atoms with E-state index in [9.17, 15) is 4.79 Å². The van der Waals surface area contributed by atoms with Gasteiger partial charge >= 0.3 is 0 Å². The molecule has 0 aliphatic carbocycles. The monoisotopic (exact) mass is 337 g/mol. The highest BCUT2D eigenvalue weighted by molar-refractivity contribution is 5.77. The maximum atomic E-state index is 12.3. The minimum atomic E-state index is -0.257. The number of nitrogens with zero attached hydrogens (tertiary/aromatic N) is 3. The highest BCUT2D eigenvalue weighted by Gasteiger charge is 2.39. The molecule has 0 spiro atoms. The molecule has 3 rings (SSSR count). The summed E-state index contributed by atoms with van der Waals surface area (Å²) >= 11 is 0. The van der Waals surface area contributed by atoms with Crippen LogP contribution in [0.4, 0.5) is 0 Å². The van der Waals surface area contributed by atoms with E-state index >= 15 is 0 Å². The van der Waals surface area contributed by atoms with Crippen molar-refractivity contribution in [1.29, 1.82) is 0 Å². The number of rotatable bonds is 5. The lowest BCUT2D eigenvalue weighted by molar-refractivity contribution is -0.138. The van der Waals surface area contributed by atoms with E-state index in [0.29, 0.717) is 25.0 Å². The third-order valence-corrected chi connectivity index (χ3v) is 5.03. The summed E-state index contributed by atoms with van der Waals surface area (Å²) in [4.78, 5) is 18.8. The molecule has 7 nitrogen and oxygen atoms in total. The predicted octanol–water partition coefficient (Wildman–Crippen LogP) is 1.88. The first-order chi connectivity index (χ1) is 11.6. The molecule has 2 aliphatic rings. The highest BCUT2D eigenvalue weighted by atomic mass is 16.5. The van der Waals surface area contributed by atoms with Crippen LogP contribution < -0.4 is 0 Å². The molecule has 0 bridgehead atoms. The van der Waals surface area contributed by atoms with Crippen molar-refractivity contribution < 1.29 is 18.8 Å². The molecule has 0 aromatic carbocycles. The van der Waals surface area contributed by atoms with Crippen molar-refractivity contribution in [3.63, 3.8) is 0 Å². The molecule has 0 saturated carbocycles. The van der Waals surface area contributed by atoms with E-state index in [1.54, 1.807) is 0 Å². The lowest BCUT2D eigenvalue weighted by Gasteiger charge is -2.38. The fraction of sp³-hybridized carbons (Fsp3) is 0.824. The van der Waals surface area contributed by atoms with E-state index < -0.39 is 0 Å². The van der Waals surface area contributed by atoms with Gasteiger partial charge in [0.05, 0.1) is 0 Å². The van der Waals surface area contributed by atoms with Crippen molar-refractivity contribution in [2.24, 2.45) is 0 Å². The molecular weight excluding hydrogens is 310 g/mol. The lowest BCUT2D eigenvalue weighted by atomic mass is 9.81. The average molecular weight is 337 g/mol. The number of hydrogen-bond donors (Lipinski definition) is 0. The summed E-state index contributed by atoms with van der Waals surface area (Å²) < 4.78 is 16.2. The predicted molar refractivity (Wildman–Crippen MR) is 86.8 cm³/mol. The van der Waals surface area contributed by atoms with Gasteiger partial charge in [0.1, 0.15) is 6.61 Å². The Bertz CT molecular complexity index is 556. The standard InChI is InChI=1S/C17H27N3O4/c1-3-22-11-14(21)20-8-4-7-17(2,12-20)16-18-15(24-19-16)13-5-9-23-10-6-13/h13H,3-12H2,1-2H3. The van der Waals surface area contributed by atoms with E-state index in [1.807, 2.05) is 11.8 Å². The fourth-order valence-corrected chi connectivity index (χ4v) is 3.51. The first-order valence-electron chi connectivity index (χ1n) is 8.90. The van der Waals surface area contributed by atoms with Gasteiger partial charge in [-0.05, 0) is 32.6 Å². The molecule has 2 saturated heterocycles. The molecule has 1 aromatic rings. The van der Waals surface area contributed by atoms with Crippen LogP contribution in [0.15, 0.2) is 4.52 Å². The Morgan fingerprint density at radius 3 is 2.96 bits per heavy atom. The molecule has 1 aromatic heterocycles. The molecule has 3 heterocycles. The Kier molecular flexibility index (Phi) is 5.50. The molecule has 1 amide bonds. The summed E-state index contributed by atoms with van der Waals surface area (Å²) in [5, 5.41) is 4.25. The summed E-state index contributed by atoms with van der Waals surface area (Å²) in [6.07, 6.45) is 3.75. The SMILES string of the molecule is CCOCC(=O)N1CCCC(C)(c2noc(C3CCOCC3)n2)C1. The van der Waals surface area contributed by atoms with E-state index in [1.165, 1.54) is 0 Å². The molecule has 1 atom stereocenters. The Morgan fingerprint density at radius 1 is 1.42 bits per heavy atom. The number of carbonyl (C=O) groups is 1. The van der Waals surface area contributed by atoms with E-state index in [-0.39, 0.29) is 17.9 Å². The van der Waals surface area contributed by atoms with Gasteiger partial charge in [0, 0.05) is 44.2 Å². The maximum Gasteiger partial charge on any atom is 0.248 e. The first-order valence-corrected chi connectivity index (χ1v) is 8.90. The number of hydrogen-bond acceptors (Lipinski definition) is 6. The largest absolute Gasteiger partial charge is 0.381 e. The van der Waals surface area contributed by atoms with Gasteiger partial charge in [-0.3, -0.25) is 4.79 Å². The van der Waals surface area contributed by atoms with Crippen LogP contribution in [0, 0.1) is 0 Å². The van der Waals surface area contributed by atoms with Crippen LogP contribution in [-0.4, -0.2) is 60.5 Å². The van der Waals surface area contributed by atoms with Gasteiger partial charge in [0.25, 0.3) is 0 Å². The van der Waals surface area contributed by atoms with Gasteiger partial charge in [-0.15, -0.1) is 0 Å². The summed E-state index contributed by atoms with van der Waals surface area (Å²) in [5.74, 6) is 1.77. The second-order valence-electron chi connectivity index (χ2n) is 6.96. The minimum Gasteiger partial charge on any atom is -0.381 e. The number of likely N-dealkylation sites (tertiary alicyclic amines) is 1. The topological polar surface area (TPSA) is 77.7 Å².